The lowest BCUT2D eigenvalue weighted by molar-refractivity contribution is -0.129. The van der Waals surface area contributed by atoms with Crippen LogP contribution in [0.4, 0.5) is 0 Å². The number of carbonyl (C=O) groups excluding carboxylic acids is 2. The molecule has 1 unspecified atom stereocenters. The predicted octanol–water partition coefficient (Wildman–Crippen LogP) is 4.72. The van der Waals surface area contributed by atoms with E-state index in [9.17, 15) is 9.59 Å². The molecule has 2 aromatic rings. The van der Waals surface area contributed by atoms with E-state index in [2.05, 4.69) is 0 Å². The van der Waals surface area contributed by atoms with E-state index in [1.54, 1.807) is 12.2 Å². The van der Waals surface area contributed by atoms with E-state index >= 15 is 0 Å². The molecule has 0 bridgehead atoms. The third-order valence-electron chi connectivity index (χ3n) is 4.30. The van der Waals surface area contributed by atoms with Crippen LogP contribution in [-0.4, -0.2) is 11.6 Å². The van der Waals surface area contributed by atoms with Crippen molar-refractivity contribution in [2.75, 3.05) is 0 Å². The Hall–Kier alpha value is -2.74. The molecule has 120 valence electrons. The summed E-state index contributed by atoms with van der Waals surface area (Å²) in [7, 11) is 0. The van der Waals surface area contributed by atoms with E-state index in [-0.39, 0.29) is 11.6 Å². The second-order valence-electron chi connectivity index (χ2n) is 6.04. The van der Waals surface area contributed by atoms with Gasteiger partial charge >= 0.3 is 0 Å². The molecule has 0 N–H and O–H groups in total. The van der Waals surface area contributed by atoms with Gasteiger partial charge in [-0.1, -0.05) is 66.7 Å². The minimum Gasteiger partial charge on any atom is -0.294 e. The predicted molar refractivity (Wildman–Crippen MR) is 97.3 cm³/mol. The first-order valence-electron chi connectivity index (χ1n) is 8.31. The molecule has 0 saturated heterocycles. The van der Waals surface area contributed by atoms with Crippen LogP contribution >= 0.6 is 0 Å². The Kier molecular flexibility index (Phi) is 5.17. The van der Waals surface area contributed by atoms with E-state index in [4.69, 9.17) is 0 Å². The van der Waals surface area contributed by atoms with Crippen molar-refractivity contribution in [1.82, 2.24) is 0 Å². The molecule has 0 aliphatic heterocycles. The molecule has 24 heavy (non-hydrogen) atoms. The van der Waals surface area contributed by atoms with Crippen molar-refractivity contribution < 1.29 is 9.59 Å². The van der Waals surface area contributed by atoms with Crippen LogP contribution < -0.4 is 0 Å². The lowest BCUT2D eigenvalue weighted by atomic mass is 9.81. The average Bonchev–Trinajstić information content (AvgIpc) is 2.63. The highest BCUT2D eigenvalue weighted by Gasteiger charge is 2.30. The Balaban J connectivity index is 1.74. The third-order valence-corrected chi connectivity index (χ3v) is 4.30. The number of rotatable bonds is 4. The Bertz CT molecular complexity index is 770. The summed E-state index contributed by atoms with van der Waals surface area (Å²) in [5, 5.41) is 0. The van der Waals surface area contributed by atoms with Crippen LogP contribution in [0.1, 0.15) is 30.4 Å². The zero-order valence-corrected chi connectivity index (χ0v) is 13.5. The van der Waals surface area contributed by atoms with Gasteiger partial charge in [-0.15, -0.1) is 0 Å². The Labute approximate surface area is 142 Å². The minimum absolute atomic E-state index is 0.0205. The first kappa shape index (κ1) is 16.1. The van der Waals surface area contributed by atoms with Crippen molar-refractivity contribution >= 4 is 23.7 Å². The first-order valence-corrected chi connectivity index (χ1v) is 8.31. The van der Waals surface area contributed by atoms with Crippen LogP contribution in [0.5, 0.6) is 0 Å². The van der Waals surface area contributed by atoms with Crippen molar-refractivity contribution in [3.05, 3.63) is 83.4 Å². The van der Waals surface area contributed by atoms with Gasteiger partial charge in [-0.05, 0) is 48.1 Å². The number of ketones is 2. The molecule has 1 atom stereocenters. The number of hydrogen-bond acceptors (Lipinski definition) is 2. The van der Waals surface area contributed by atoms with Gasteiger partial charge in [-0.2, -0.15) is 0 Å². The highest BCUT2D eigenvalue weighted by Crippen LogP contribution is 2.28. The van der Waals surface area contributed by atoms with Gasteiger partial charge in [0.05, 0.1) is 5.92 Å². The molecule has 1 fully saturated rings. The minimum atomic E-state index is -0.534. The fourth-order valence-electron chi connectivity index (χ4n) is 3.00. The SMILES string of the molecule is O=C(C=Cc1ccccc1)C1CCCC(=Cc2ccccc2)C1=O. The first-order chi connectivity index (χ1) is 11.7. The Morgan fingerprint density at radius 2 is 1.54 bits per heavy atom. The largest absolute Gasteiger partial charge is 0.294 e. The average molecular weight is 316 g/mol. The van der Waals surface area contributed by atoms with E-state index in [0.717, 1.165) is 29.5 Å². The summed E-state index contributed by atoms with van der Waals surface area (Å²) in [6.07, 6.45) is 7.51. The summed E-state index contributed by atoms with van der Waals surface area (Å²) in [5.74, 6) is -0.649. The van der Waals surface area contributed by atoms with Gasteiger partial charge in [0.2, 0.25) is 0 Å². The second-order valence-corrected chi connectivity index (χ2v) is 6.04. The summed E-state index contributed by atoms with van der Waals surface area (Å²) in [5.41, 5.74) is 2.74. The highest BCUT2D eigenvalue weighted by atomic mass is 16.1. The molecule has 2 aromatic carbocycles. The van der Waals surface area contributed by atoms with E-state index in [1.807, 2.05) is 66.7 Å². The van der Waals surface area contributed by atoms with Crippen LogP contribution in [0.15, 0.2) is 72.3 Å². The lowest BCUT2D eigenvalue weighted by Gasteiger charge is -2.20. The number of carbonyl (C=O) groups is 2. The van der Waals surface area contributed by atoms with Gasteiger partial charge in [0.15, 0.2) is 11.6 Å². The molecule has 1 saturated carbocycles. The van der Waals surface area contributed by atoms with Crippen molar-refractivity contribution in [1.29, 1.82) is 0 Å². The number of benzene rings is 2. The number of allylic oxidation sites excluding steroid dienone is 2. The highest BCUT2D eigenvalue weighted by molar-refractivity contribution is 6.16. The molecule has 0 amide bonds. The van der Waals surface area contributed by atoms with E-state index in [1.165, 1.54) is 0 Å². The van der Waals surface area contributed by atoms with E-state index in [0.29, 0.717) is 6.42 Å². The molecule has 2 heteroatoms. The van der Waals surface area contributed by atoms with Crippen molar-refractivity contribution in [3.8, 4) is 0 Å². The van der Waals surface area contributed by atoms with Crippen molar-refractivity contribution in [2.45, 2.75) is 19.3 Å². The molecule has 2 nitrogen and oxygen atoms in total. The van der Waals surface area contributed by atoms with E-state index < -0.39 is 5.92 Å². The topological polar surface area (TPSA) is 34.1 Å². The van der Waals surface area contributed by atoms with Crippen LogP contribution in [0.25, 0.3) is 12.2 Å². The number of Topliss-reactive ketones (excluding diaryl/α,β-unsaturated/α-hetero) is 1. The smallest absolute Gasteiger partial charge is 0.169 e. The zero-order valence-electron chi connectivity index (χ0n) is 13.5. The van der Waals surface area contributed by atoms with Gasteiger partial charge in [0.25, 0.3) is 0 Å². The molecular formula is C22H20O2. The quantitative estimate of drug-likeness (QED) is 0.604. The van der Waals surface area contributed by atoms with Gasteiger partial charge in [-0.3, -0.25) is 9.59 Å². The van der Waals surface area contributed by atoms with Gasteiger partial charge in [-0.25, -0.2) is 0 Å². The molecule has 0 spiro atoms. The molecule has 0 heterocycles. The Morgan fingerprint density at radius 3 is 2.21 bits per heavy atom. The summed E-state index contributed by atoms with van der Waals surface area (Å²) in [4.78, 5) is 25.1. The summed E-state index contributed by atoms with van der Waals surface area (Å²) in [6, 6.07) is 19.5. The second kappa shape index (κ2) is 7.69. The summed E-state index contributed by atoms with van der Waals surface area (Å²) < 4.78 is 0. The molecule has 0 aromatic heterocycles. The summed E-state index contributed by atoms with van der Waals surface area (Å²) >= 11 is 0. The van der Waals surface area contributed by atoms with Crippen LogP contribution in [0.2, 0.25) is 0 Å². The monoisotopic (exact) mass is 316 g/mol. The lowest BCUT2D eigenvalue weighted by Crippen LogP contribution is -2.27. The maximum absolute atomic E-state index is 12.7. The molecule has 1 aliphatic rings. The Morgan fingerprint density at radius 1 is 0.917 bits per heavy atom. The van der Waals surface area contributed by atoms with Crippen LogP contribution in [-0.2, 0) is 9.59 Å². The van der Waals surface area contributed by atoms with Gasteiger partial charge in [0.1, 0.15) is 0 Å². The molecule has 0 radical (unpaired) electrons. The van der Waals surface area contributed by atoms with Crippen molar-refractivity contribution in [3.63, 3.8) is 0 Å². The van der Waals surface area contributed by atoms with Gasteiger partial charge < -0.3 is 0 Å². The molecule has 1 aliphatic carbocycles. The van der Waals surface area contributed by atoms with Crippen LogP contribution in [0, 0.1) is 5.92 Å². The molecule has 3 rings (SSSR count). The zero-order chi connectivity index (χ0) is 16.8. The molecular weight excluding hydrogens is 296 g/mol. The fraction of sp³-hybridized carbons (Fsp3) is 0.182. The fourth-order valence-corrected chi connectivity index (χ4v) is 3.00. The van der Waals surface area contributed by atoms with Gasteiger partial charge in [0, 0.05) is 0 Å². The van der Waals surface area contributed by atoms with Crippen LogP contribution in [0.3, 0.4) is 0 Å². The standard InChI is InChI=1S/C22H20O2/c23-21(15-14-17-8-3-1-4-9-17)20-13-7-12-19(22(20)24)16-18-10-5-2-6-11-18/h1-6,8-11,14-16,20H,7,12-13H2. The normalized spacial score (nSPS) is 19.8. The third kappa shape index (κ3) is 3.96. The maximum Gasteiger partial charge on any atom is 0.169 e. The maximum atomic E-state index is 12.7. The van der Waals surface area contributed by atoms with Crippen molar-refractivity contribution in [2.24, 2.45) is 5.92 Å². The summed E-state index contributed by atoms with van der Waals surface area (Å²) in [6.45, 7) is 0. The number of hydrogen-bond donors (Lipinski definition) is 0.